The fourth-order valence-electron chi connectivity index (χ4n) is 1.98. The van der Waals surface area contributed by atoms with E-state index in [1.807, 2.05) is 38.2 Å². The van der Waals surface area contributed by atoms with E-state index >= 15 is 0 Å². The van der Waals surface area contributed by atoms with Crippen LogP contribution in [0.3, 0.4) is 0 Å². The first-order valence-electron chi connectivity index (χ1n) is 6.35. The molecule has 20 heavy (non-hydrogen) atoms. The fourth-order valence-corrected chi connectivity index (χ4v) is 1.98. The Kier molecular flexibility index (Phi) is 3.30. The first kappa shape index (κ1) is 12.6. The van der Waals surface area contributed by atoms with Gasteiger partial charge < -0.3 is 15.1 Å². The first-order valence-corrected chi connectivity index (χ1v) is 6.35. The molecule has 0 radical (unpaired) electrons. The van der Waals surface area contributed by atoms with Gasteiger partial charge >= 0.3 is 0 Å². The highest BCUT2D eigenvalue weighted by molar-refractivity contribution is 5.78. The van der Waals surface area contributed by atoms with Crippen LogP contribution in [0.4, 0.5) is 11.5 Å². The van der Waals surface area contributed by atoms with Gasteiger partial charge in [0.1, 0.15) is 17.2 Å². The van der Waals surface area contributed by atoms with Crippen molar-refractivity contribution in [2.45, 2.75) is 13.5 Å². The molecule has 6 nitrogen and oxygen atoms in total. The molecule has 3 aromatic rings. The van der Waals surface area contributed by atoms with Gasteiger partial charge in [0.25, 0.3) is 0 Å². The number of oxazole rings is 1. The lowest BCUT2D eigenvalue weighted by atomic mass is 10.3. The van der Waals surface area contributed by atoms with Crippen molar-refractivity contribution in [3.8, 4) is 0 Å². The summed E-state index contributed by atoms with van der Waals surface area (Å²) in [6.45, 7) is 2.47. The van der Waals surface area contributed by atoms with Crippen LogP contribution < -0.4 is 10.6 Å². The van der Waals surface area contributed by atoms with Gasteiger partial charge in [-0.15, -0.1) is 0 Å². The van der Waals surface area contributed by atoms with E-state index in [9.17, 15) is 0 Å². The van der Waals surface area contributed by atoms with E-state index in [0.717, 1.165) is 28.4 Å². The van der Waals surface area contributed by atoms with E-state index < -0.39 is 0 Å². The topological polar surface area (TPSA) is 75.9 Å². The molecule has 2 heterocycles. The van der Waals surface area contributed by atoms with Gasteiger partial charge in [0.05, 0.1) is 6.54 Å². The second kappa shape index (κ2) is 5.26. The van der Waals surface area contributed by atoms with E-state index in [0.29, 0.717) is 12.4 Å². The van der Waals surface area contributed by atoms with E-state index in [1.165, 1.54) is 0 Å². The number of hydrogen-bond donors (Lipinski definition) is 2. The van der Waals surface area contributed by atoms with Crippen LogP contribution in [-0.2, 0) is 6.54 Å². The molecule has 0 aliphatic carbocycles. The third-order valence-corrected chi connectivity index (χ3v) is 2.81. The Bertz CT molecular complexity index is 737. The molecule has 2 N–H and O–H groups in total. The Balaban J connectivity index is 1.86. The van der Waals surface area contributed by atoms with Gasteiger partial charge in [0.2, 0.25) is 0 Å². The number of aromatic nitrogens is 3. The summed E-state index contributed by atoms with van der Waals surface area (Å²) < 4.78 is 5.45. The highest BCUT2D eigenvalue weighted by Crippen LogP contribution is 2.21. The van der Waals surface area contributed by atoms with Crippen LogP contribution in [0.2, 0.25) is 0 Å². The predicted molar refractivity (Wildman–Crippen MR) is 76.8 cm³/mol. The summed E-state index contributed by atoms with van der Waals surface area (Å²) >= 11 is 0. The second-order valence-electron chi connectivity index (χ2n) is 4.43. The van der Waals surface area contributed by atoms with Crippen LogP contribution in [-0.4, -0.2) is 22.0 Å². The van der Waals surface area contributed by atoms with Crippen LogP contribution in [0.5, 0.6) is 0 Å². The van der Waals surface area contributed by atoms with Crippen molar-refractivity contribution in [3.05, 3.63) is 42.2 Å². The summed E-state index contributed by atoms with van der Waals surface area (Å²) in [4.78, 5) is 12.9. The summed E-state index contributed by atoms with van der Waals surface area (Å²) in [5, 5.41) is 6.27. The van der Waals surface area contributed by atoms with Gasteiger partial charge in [-0.25, -0.2) is 15.0 Å². The Labute approximate surface area is 116 Å². The number of benzene rings is 1. The Morgan fingerprint density at radius 2 is 2.10 bits per heavy atom. The molecular weight excluding hydrogens is 254 g/mol. The molecule has 6 heteroatoms. The Morgan fingerprint density at radius 3 is 2.95 bits per heavy atom. The first-order chi connectivity index (χ1) is 9.74. The lowest BCUT2D eigenvalue weighted by Gasteiger charge is -2.06. The zero-order valence-corrected chi connectivity index (χ0v) is 11.3. The molecule has 0 bridgehead atoms. The number of nitrogens with zero attached hydrogens (tertiary/aromatic N) is 3. The number of rotatable bonds is 4. The number of nitrogens with one attached hydrogen (secondary N) is 2. The number of hydrogen-bond acceptors (Lipinski definition) is 6. The van der Waals surface area contributed by atoms with Crippen molar-refractivity contribution in [1.29, 1.82) is 0 Å². The van der Waals surface area contributed by atoms with E-state index in [4.69, 9.17) is 4.42 Å². The van der Waals surface area contributed by atoms with Crippen LogP contribution in [0.15, 0.2) is 34.9 Å². The summed E-state index contributed by atoms with van der Waals surface area (Å²) in [6, 6.07) is 7.60. The van der Waals surface area contributed by atoms with Crippen molar-refractivity contribution in [3.63, 3.8) is 0 Å². The van der Waals surface area contributed by atoms with E-state index in [2.05, 4.69) is 25.6 Å². The second-order valence-corrected chi connectivity index (χ2v) is 4.43. The van der Waals surface area contributed by atoms with E-state index in [-0.39, 0.29) is 0 Å². The fraction of sp³-hybridized carbons (Fsp3) is 0.214. The van der Waals surface area contributed by atoms with Crippen molar-refractivity contribution < 1.29 is 4.42 Å². The molecular formula is C14H15N5O. The highest BCUT2D eigenvalue weighted by Gasteiger charge is 2.04. The van der Waals surface area contributed by atoms with Gasteiger partial charge in [-0.05, 0) is 31.3 Å². The van der Waals surface area contributed by atoms with Crippen LogP contribution >= 0.6 is 0 Å². The molecule has 102 valence electrons. The lowest BCUT2D eigenvalue weighted by molar-refractivity contribution is 0.561. The molecule has 0 amide bonds. The Morgan fingerprint density at radius 1 is 1.20 bits per heavy atom. The molecule has 2 aromatic heterocycles. The van der Waals surface area contributed by atoms with Gasteiger partial charge in [0.15, 0.2) is 11.5 Å². The molecule has 0 saturated heterocycles. The zero-order valence-electron chi connectivity index (χ0n) is 11.3. The minimum atomic E-state index is 0.636. The van der Waals surface area contributed by atoms with Crippen molar-refractivity contribution in [1.82, 2.24) is 20.3 Å². The maximum atomic E-state index is 5.45. The maximum Gasteiger partial charge on any atom is 0.192 e. The number of anilines is 2. The minimum absolute atomic E-state index is 0.636. The number of aryl methyl sites for hydroxylation is 1. The predicted octanol–water partition coefficient (Wildman–Crippen LogP) is 2.39. The molecule has 0 aliphatic rings. The van der Waals surface area contributed by atoms with Crippen LogP contribution in [0, 0.1) is 6.92 Å². The maximum absolute atomic E-state index is 5.45. The standard InChI is InChI=1S/C14H15N5O/c1-9-17-11-7-10(3-4-12(11)20-9)18-13-5-6-16-14(19-13)8-15-2/h3-7,15H,8H2,1-2H3,(H,16,18,19). The van der Waals surface area contributed by atoms with Gasteiger partial charge in [-0.2, -0.15) is 0 Å². The molecule has 3 rings (SSSR count). The van der Waals surface area contributed by atoms with Crippen molar-refractivity contribution >= 4 is 22.6 Å². The third kappa shape index (κ3) is 2.60. The Hall–Kier alpha value is -2.47. The third-order valence-electron chi connectivity index (χ3n) is 2.81. The van der Waals surface area contributed by atoms with Crippen LogP contribution in [0.1, 0.15) is 11.7 Å². The van der Waals surface area contributed by atoms with Crippen molar-refractivity contribution in [2.75, 3.05) is 12.4 Å². The molecule has 0 fully saturated rings. The minimum Gasteiger partial charge on any atom is -0.441 e. The van der Waals surface area contributed by atoms with Crippen LogP contribution in [0.25, 0.3) is 11.1 Å². The quantitative estimate of drug-likeness (QED) is 0.757. The summed E-state index contributed by atoms with van der Waals surface area (Å²) in [5.41, 5.74) is 2.53. The highest BCUT2D eigenvalue weighted by atomic mass is 16.3. The molecule has 0 atom stereocenters. The summed E-state index contributed by atoms with van der Waals surface area (Å²) in [7, 11) is 1.87. The monoisotopic (exact) mass is 269 g/mol. The normalized spacial score (nSPS) is 10.9. The average molecular weight is 269 g/mol. The molecule has 0 saturated carbocycles. The average Bonchev–Trinajstić information content (AvgIpc) is 2.79. The number of fused-ring (bicyclic) bond motifs is 1. The molecule has 0 spiro atoms. The largest absolute Gasteiger partial charge is 0.441 e. The van der Waals surface area contributed by atoms with Gasteiger partial charge in [-0.1, -0.05) is 0 Å². The SMILES string of the molecule is CNCc1nccc(Nc2ccc3oc(C)nc3c2)n1. The smallest absolute Gasteiger partial charge is 0.192 e. The molecule has 0 unspecified atom stereocenters. The summed E-state index contributed by atoms with van der Waals surface area (Å²) in [6.07, 6.45) is 1.74. The van der Waals surface area contributed by atoms with Gasteiger partial charge in [-0.3, -0.25) is 0 Å². The summed E-state index contributed by atoms with van der Waals surface area (Å²) in [5.74, 6) is 2.16. The lowest BCUT2D eigenvalue weighted by Crippen LogP contribution is -2.09. The molecule has 0 aliphatic heterocycles. The van der Waals surface area contributed by atoms with Crippen molar-refractivity contribution in [2.24, 2.45) is 0 Å². The van der Waals surface area contributed by atoms with E-state index in [1.54, 1.807) is 6.20 Å². The van der Waals surface area contributed by atoms with Gasteiger partial charge in [0, 0.05) is 18.8 Å². The zero-order chi connectivity index (χ0) is 13.9. The molecule has 1 aromatic carbocycles.